The lowest BCUT2D eigenvalue weighted by Gasteiger charge is -2.29. The van der Waals surface area contributed by atoms with Crippen LogP contribution in [-0.2, 0) is 0 Å². The largest absolute Gasteiger partial charge is 0.312 e. The Labute approximate surface area is 118 Å². The number of hydrogen-bond donors (Lipinski definition) is 1. The monoisotopic (exact) mass is 262 g/mol. The fourth-order valence-corrected chi connectivity index (χ4v) is 5.68. The first-order valence-electron chi connectivity index (χ1n) is 8.77. The van der Waals surface area contributed by atoms with Gasteiger partial charge < -0.3 is 5.32 Å². The molecular formula is C17H30N2. The lowest BCUT2D eigenvalue weighted by molar-refractivity contribution is 0.197. The van der Waals surface area contributed by atoms with Crippen molar-refractivity contribution in [3.63, 3.8) is 0 Å². The summed E-state index contributed by atoms with van der Waals surface area (Å²) in [6.45, 7) is 8.69. The second-order valence-electron chi connectivity index (χ2n) is 7.77. The number of nitrogens with zero attached hydrogens (tertiary/aromatic N) is 1. The molecule has 19 heavy (non-hydrogen) atoms. The summed E-state index contributed by atoms with van der Waals surface area (Å²) in [6, 6.07) is 1.74. The highest BCUT2D eigenvalue weighted by Crippen LogP contribution is 2.67. The number of hydrogen-bond acceptors (Lipinski definition) is 2. The number of rotatable bonds is 3. The Morgan fingerprint density at radius 2 is 1.95 bits per heavy atom. The molecule has 3 aliphatic carbocycles. The second kappa shape index (κ2) is 4.73. The van der Waals surface area contributed by atoms with Crippen molar-refractivity contribution >= 4 is 0 Å². The van der Waals surface area contributed by atoms with Gasteiger partial charge in [0.1, 0.15) is 0 Å². The SMILES string of the molecule is CCC(C)C1CN(C2C3C4CCC(C4)C32)CCCN1. The van der Waals surface area contributed by atoms with E-state index >= 15 is 0 Å². The molecule has 1 heterocycles. The van der Waals surface area contributed by atoms with Crippen molar-refractivity contribution in [3.8, 4) is 0 Å². The summed E-state index contributed by atoms with van der Waals surface area (Å²) in [7, 11) is 0. The van der Waals surface area contributed by atoms with Gasteiger partial charge in [-0.1, -0.05) is 20.3 Å². The zero-order chi connectivity index (χ0) is 13.0. The average Bonchev–Trinajstić information content (AvgIpc) is 2.98. The third-order valence-electron chi connectivity index (χ3n) is 6.91. The average molecular weight is 262 g/mol. The summed E-state index contributed by atoms with van der Waals surface area (Å²) < 4.78 is 0. The van der Waals surface area contributed by atoms with Crippen molar-refractivity contribution in [1.82, 2.24) is 10.2 Å². The van der Waals surface area contributed by atoms with Crippen LogP contribution in [0.4, 0.5) is 0 Å². The molecule has 6 unspecified atom stereocenters. The zero-order valence-corrected chi connectivity index (χ0v) is 12.6. The van der Waals surface area contributed by atoms with Gasteiger partial charge in [-0.05, 0) is 68.4 Å². The van der Waals surface area contributed by atoms with Gasteiger partial charge >= 0.3 is 0 Å². The van der Waals surface area contributed by atoms with E-state index in [1.165, 1.54) is 32.5 Å². The molecule has 0 radical (unpaired) electrons. The third kappa shape index (κ3) is 1.98. The minimum atomic E-state index is 0.742. The molecule has 1 aliphatic heterocycles. The third-order valence-corrected chi connectivity index (χ3v) is 6.91. The molecule has 1 N–H and O–H groups in total. The quantitative estimate of drug-likeness (QED) is 0.841. The first-order valence-corrected chi connectivity index (χ1v) is 8.77. The molecule has 3 saturated carbocycles. The molecular weight excluding hydrogens is 232 g/mol. The summed E-state index contributed by atoms with van der Waals surface area (Å²) in [5, 5.41) is 3.81. The maximum absolute atomic E-state index is 3.81. The molecule has 4 rings (SSSR count). The first kappa shape index (κ1) is 12.6. The molecule has 4 fully saturated rings. The predicted molar refractivity (Wildman–Crippen MR) is 79.0 cm³/mol. The van der Waals surface area contributed by atoms with E-state index in [1.807, 2.05) is 0 Å². The van der Waals surface area contributed by atoms with E-state index in [1.54, 1.807) is 19.3 Å². The Hall–Kier alpha value is -0.0800. The lowest BCUT2D eigenvalue weighted by atomic mass is 9.98. The molecule has 108 valence electrons. The molecule has 0 spiro atoms. The van der Waals surface area contributed by atoms with Gasteiger partial charge in [-0.2, -0.15) is 0 Å². The first-order chi connectivity index (χ1) is 9.29. The Balaban J connectivity index is 1.44. The molecule has 6 atom stereocenters. The van der Waals surface area contributed by atoms with Crippen molar-refractivity contribution in [2.75, 3.05) is 19.6 Å². The van der Waals surface area contributed by atoms with Gasteiger partial charge in [0, 0.05) is 18.6 Å². The van der Waals surface area contributed by atoms with E-state index < -0.39 is 0 Å². The predicted octanol–water partition coefficient (Wildman–Crippen LogP) is 2.74. The van der Waals surface area contributed by atoms with Gasteiger partial charge in [-0.15, -0.1) is 0 Å². The summed E-state index contributed by atoms with van der Waals surface area (Å²) in [5.74, 6) is 5.32. The second-order valence-corrected chi connectivity index (χ2v) is 7.77. The van der Waals surface area contributed by atoms with Crippen LogP contribution in [0.5, 0.6) is 0 Å². The molecule has 2 nitrogen and oxygen atoms in total. The Morgan fingerprint density at radius 1 is 1.21 bits per heavy atom. The highest BCUT2D eigenvalue weighted by Gasteiger charge is 2.66. The van der Waals surface area contributed by atoms with Crippen LogP contribution in [-0.4, -0.2) is 36.6 Å². The smallest absolute Gasteiger partial charge is 0.0220 e. The van der Waals surface area contributed by atoms with E-state index in [2.05, 4.69) is 24.1 Å². The zero-order valence-electron chi connectivity index (χ0n) is 12.6. The van der Waals surface area contributed by atoms with Gasteiger partial charge in [0.15, 0.2) is 0 Å². The van der Waals surface area contributed by atoms with Crippen molar-refractivity contribution in [2.24, 2.45) is 29.6 Å². The topological polar surface area (TPSA) is 15.3 Å². The highest BCUT2D eigenvalue weighted by molar-refractivity contribution is 5.17. The van der Waals surface area contributed by atoms with Crippen LogP contribution in [0.1, 0.15) is 46.0 Å². The maximum atomic E-state index is 3.81. The van der Waals surface area contributed by atoms with Crippen molar-refractivity contribution < 1.29 is 0 Å². The number of nitrogens with one attached hydrogen (secondary N) is 1. The van der Waals surface area contributed by atoms with Crippen LogP contribution in [0.25, 0.3) is 0 Å². The standard InChI is InChI=1S/C17H30N2/c1-3-11(2)14-10-19(8-4-7-18-14)17-15-12-5-6-13(9-12)16(15)17/h11-18H,3-10H2,1-2H3. The van der Waals surface area contributed by atoms with Crippen LogP contribution in [0.3, 0.4) is 0 Å². The van der Waals surface area contributed by atoms with Gasteiger partial charge in [-0.25, -0.2) is 0 Å². The van der Waals surface area contributed by atoms with E-state index in [0.29, 0.717) is 0 Å². The fourth-order valence-electron chi connectivity index (χ4n) is 5.68. The van der Waals surface area contributed by atoms with Crippen LogP contribution < -0.4 is 5.32 Å². The van der Waals surface area contributed by atoms with Crippen LogP contribution >= 0.6 is 0 Å². The normalized spacial score (nSPS) is 50.8. The van der Waals surface area contributed by atoms with Crippen molar-refractivity contribution in [3.05, 3.63) is 0 Å². The lowest BCUT2D eigenvalue weighted by Crippen LogP contribution is -2.43. The van der Waals surface area contributed by atoms with Gasteiger partial charge in [-0.3, -0.25) is 4.90 Å². The van der Waals surface area contributed by atoms with E-state index in [-0.39, 0.29) is 0 Å². The highest BCUT2D eigenvalue weighted by atomic mass is 15.2. The molecule has 0 aromatic rings. The molecule has 0 amide bonds. The van der Waals surface area contributed by atoms with Crippen LogP contribution in [0, 0.1) is 29.6 Å². The molecule has 2 heteroatoms. The van der Waals surface area contributed by atoms with Crippen molar-refractivity contribution in [1.29, 1.82) is 0 Å². The van der Waals surface area contributed by atoms with Gasteiger partial charge in [0.25, 0.3) is 0 Å². The summed E-state index contributed by atoms with van der Waals surface area (Å²) in [6.07, 6.45) is 7.38. The maximum Gasteiger partial charge on any atom is 0.0220 e. The summed E-state index contributed by atoms with van der Waals surface area (Å²) in [4.78, 5) is 2.90. The van der Waals surface area contributed by atoms with Gasteiger partial charge in [0.2, 0.25) is 0 Å². The van der Waals surface area contributed by atoms with E-state index in [9.17, 15) is 0 Å². The van der Waals surface area contributed by atoms with Crippen LogP contribution in [0.2, 0.25) is 0 Å². The van der Waals surface area contributed by atoms with Gasteiger partial charge in [0.05, 0.1) is 0 Å². The van der Waals surface area contributed by atoms with Crippen molar-refractivity contribution in [2.45, 2.75) is 58.0 Å². The fraction of sp³-hybridized carbons (Fsp3) is 1.00. The summed E-state index contributed by atoms with van der Waals surface area (Å²) in [5.41, 5.74) is 0. The molecule has 4 aliphatic rings. The minimum absolute atomic E-state index is 0.742. The molecule has 1 saturated heterocycles. The van der Waals surface area contributed by atoms with Crippen LogP contribution in [0.15, 0.2) is 0 Å². The Kier molecular flexibility index (Phi) is 3.15. The Bertz CT molecular complexity index is 326. The minimum Gasteiger partial charge on any atom is -0.312 e. The summed E-state index contributed by atoms with van der Waals surface area (Å²) >= 11 is 0. The van der Waals surface area contributed by atoms with E-state index in [4.69, 9.17) is 0 Å². The molecule has 2 bridgehead atoms. The molecule has 0 aromatic heterocycles. The molecule has 0 aromatic carbocycles. The number of fused-ring (bicyclic) bond motifs is 5. The Morgan fingerprint density at radius 3 is 2.63 bits per heavy atom. The van der Waals surface area contributed by atoms with E-state index in [0.717, 1.165) is 41.7 Å².